The third kappa shape index (κ3) is 3.75. The average Bonchev–Trinajstić information content (AvgIpc) is 3.40. The zero-order valence-corrected chi connectivity index (χ0v) is 17.5. The summed E-state index contributed by atoms with van der Waals surface area (Å²) >= 11 is 5.77. The minimum Gasteiger partial charge on any atom is -0.508 e. The van der Waals surface area contributed by atoms with E-state index in [1.165, 1.54) is 0 Å². The lowest BCUT2D eigenvalue weighted by atomic mass is 10.0. The van der Waals surface area contributed by atoms with Crippen LogP contribution < -0.4 is 5.32 Å². The maximum absolute atomic E-state index is 9.71. The monoisotopic (exact) mass is 427 g/mol. The number of hydrogen-bond donors (Lipinski definition) is 2. The zero-order valence-electron chi connectivity index (χ0n) is 16.7. The Morgan fingerprint density at radius 2 is 1.74 bits per heavy atom. The number of phenolic OH excluding ortho intramolecular Hbond substituents is 1. The molecule has 3 aromatic heterocycles. The van der Waals surface area contributed by atoms with E-state index < -0.39 is 0 Å². The number of benzene rings is 1. The second kappa shape index (κ2) is 8.20. The molecule has 5 rings (SSSR count). The average molecular weight is 428 g/mol. The fourth-order valence-corrected chi connectivity index (χ4v) is 4.37. The van der Waals surface area contributed by atoms with Crippen molar-refractivity contribution >= 4 is 17.3 Å². The Bertz CT molecular complexity index is 1180. The quantitative estimate of drug-likeness (QED) is 0.467. The molecule has 1 fully saturated rings. The Morgan fingerprint density at radius 1 is 0.935 bits per heavy atom. The van der Waals surface area contributed by atoms with Crippen molar-refractivity contribution in [1.82, 2.24) is 24.8 Å². The van der Waals surface area contributed by atoms with Gasteiger partial charge in [0, 0.05) is 42.7 Å². The maximum Gasteiger partial charge on any atom is 0.170 e. The topological polar surface area (TPSA) is 66.2 Å². The smallest absolute Gasteiger partial charge is 0.170 e. The van der Waals surface area contributed by atoms with Crippen molar-refractivity contribution in [2.75, 3.05) is 0 Å². The van der Waals surface area contributed by atoms with Crippen LogP contribution in [0.2, 0.25) is 0 Å². The highest BCUT2D eigenvalue weighted by atomic mass is 32.1. The van der Waals surface area contributed by atoms with E-state index in [4.69, 9.17) is 12.2 Å². The highest BCUT2D eigenvalue weighted by Gasteiger charge is 2.41. The number of nitrogens with zero attached hydrogens (tertiary/aromatic N) is 4. The molecule has 1 aliphatic rings. The molecule has 0 amide bonds. The number of pyridine rings is 2. The molecule has 31 heavy (non-hydrogen) atoms. The predicted octanol–water partition coefficient (Wildman–Crippen LogP) is 4.15. The third-order valence-electron chi connectivity index (χ3n) is 5.51. The summed E-state index contributed by atoms with van der Waals surface area (Å²) in [6.45, 7) is 0.656. The summed E-state index contributed by atoms with van der Waals surface area (Å²) in [6, 6.07) is 21.1. The van der Waals surface area contributed by atoms with Gasteiger partial charge in [0.05, 0.1) is 17.8 Å². The number of thiocarbonyl (C=S) groups is 1. The van der Waals surface area contributed by atoms with Gasteiger partial charge in [0.25, 0.3) is 0 Å². The van der Waals surface area contributed by atoms with Crippen LogP contribution in [0, 0.1) is 0 Å². The largest absolute Gasteiger partial charge is 0.508 e. The summed E-state index contributed by atoms with van der Waals surface area (Å²) in [5.41, 5.74) is 4.13. The molecule has 1 saturated heterocycles. The van der Waals surface area contributed by atoms with Gasteiger partial charge in [-0.3, -0.25) is 9.97 Å². The molecular weight excluding hydrogens is 406 g/mol. The second-order valence-corrected chi connectivity index (χ2v) is 7.82. The maximum atomic E-state index is 9.71. The van der Waals surface area contributed by atoms with Gasteiger partial charge in [0.15, 0.2) is 5.11 Å². The summed E-state index contributed by atoms with van der Waals surface area (Å²) < 4.78 is 2.13. The Morgan fingerprint density at radius 3 is 2.48 bits per heavy atom. The van der Waals surface area contributed by atoms with Gasteiger partial charge >= 0.3 is 0 Å². The van der Waals surface area contributed by atoms with Gasteiger partial charge in [-0.15, -0.1) is 0 Å². The van der Waals surface area contributed by atoms with Crippen molar-refractivity contribution in [2.45, 2.75) is 18.6 Å². The van der Waals surface area contributed by atoms with E-state index in [0.717, 1.165) is 22.6 Å². The lowest BCUT2D eigenvalue weighted by Gasteiger charge is -2.29. The fourth-order valence-electron chi connectivity index (χ4n) is 4.07. The molecule has 0 unspecified atom stereocenters. The van der Waals surface area contributed by atoms with Crippen LogP contribution in [0.15, 0.2) is 91.5 Å². The second-order valence-electron chi connectivity index (χ2n) is 7.43. The van der Waals surface area contributed by atoms with Crippen molar-refractivity contribution in [3.63, 3.8) is 0 Å². The summed E-state index contributed by atoms with van der Waals surface area (Å²) in [7, 11) is 0. The molecule has 4 heterocycles. The van der Waals surface area contributed by atoms with E-state index in [9.17, 15) is 5.11 Å². The molecule has 0 spiro atoms. The Kier molecular flexibility index (Phi) is 5.09. The number of hydrogen-bond acceptors (Lipinski definition) is 4. The van der Waals surface area contributed by atoms with Gasteiger partial charge in [-0.2, -0.15) is 0 Å². The first-order valence-corrected chi connectivity index (χ1v) is 10.4. The van der Waals surface area contributed by atoms with Gasteiger partial charge in [-0.25, -0.2) is 0 Å². The first kappa shape index (κ1) is 19.3. The van der Waals surface area contributed by atoms with Crippen LogP contribution in [0.3, 0.4) is 0 Å². The van der Waals surface area contributed by atoms with E-state index in [2.05, 4.69) is 30.8 Å². The van der Waals surface area contributed by atoms with Crippen molar-refractivity contribution < 1.29 is 5.11 Å². The normalized spacial score (nSPS) is 18.2. The van der Waals surface area contributed by atoms with E-state index in [1.807, 2.05) is 60.9 Å². The Labute approximate surface area is 185 Å². The molecule has 2 N–H and O–H groups in total. The molecule has 2 atom stereocenters. The highest BCUT2D eigenvalue weighted by molar-refractivity contribution is 7.80. The fraction of sp³-hybridized carbons (Fsp3) is 0.125. The van der Waals surface area contributed by atoms with Crippen LogP contribution in [-0.2, 0) is 6.54 Å². The van der Waals surface area contributed by atoms with Crippen molar-refractivity contribution in [3.05, 3.63) is 108 Å². The summed E-state index contributed by atoms with van der Waals surface area (Å²) in [6.07, 6.45) is 7.43. The number of aromatic nitrogens is 3. The Balaban J connectivity index is 1.60. The Hall–Kier alpha value is -3.71. The van der Waals surface area contributed by atoms with Crippen LogP contribution >= 0.6 is 12.2 Å². The minimum absolute atomic E-state index is 0.0700. The molecular formula is C24H21N5OS. The first-order chi connectivity index (χ1) is 15.2. The molecule has 1 aromatic carbocycles. The van der Waals surface area contributed by atoms with Crippen molar-refractivity contribution in [2.24, 2.45) is 0 Å². The van der Waals surface area contributed by atoms with Crippen LogP contribution in [0.1, 0.15) is 29.0 Å². The molecule has 0 radical (unpaired) electrons. The first-order valence-electron chi connectivity index (χ1n) is 10.0. The molecule has 4 aromatic rings. The van der Waals surface area contributed by atoms with Crippen LogP contribution in [-0.4, -0.2) is 29.7 Å². The third-order valence-corrected chi connectivity index (χ3v) is 5.86. The van der Waals surface area contributed by atoms with E-state index in [-0.39, 0.29) is 17.8 Å². The number of phenols is 1. The molecule has 0 bridgehead atoms. The lowest BCUT2D eigenvalue weighted by Crippen LogP contribution is -2.30. The summed E-state index contributed by atoms with van der Waals surface area (Å²) in [5, 5.41) is 13.9. The van der Waals surface area contributed by atoms with Crippen LogP contribution in [0.4, 0.5) is 0 Å². The van der Waals surface area contributed by atoms with Crippen molar-refractivity contribution in [3.8, 4) is 11.4 Å². The van der Waals surface area contributed by atoms with Crippen molar-refractivity contribution in [1.29, 1.82) is 0 Å². The zero-order chi connectivity index (χ0) is 21.2. The van der Waals surface area contributed by atoms with Crippen LogP contribution in [0.25, 0.3) is 5.69 Å². The molecule has 154 valence electrons. The minimum atomic E-state index is -0.0960. The van der Waals surface area contributed by atoms with Crippen LogP contribution in [0.5, 0.6) is 5.75 Å². The molecule has 6 nitrogen and oxygen atoms in total. The van der Waals surface area contributed by atoms with Gasteiger partial charge in [0.1, 0.15) is 5.75 Å². The predicted molar refractivity (Wildman–Crippen MR) is 123 cm³/mol. The number of rotatable bonds is 5. The van der Waals surface area contributed by atoms with Gasteiger partial charge in [-0.1, -0.05) is 6.07 Å². The number of nitrogens with one attached hydrogen (secondary N) is 1. The summed E-state index contributed by atoms with van der Waals surface area (Å²) in [4.78, 5) is 10.9. The SMILES string of the molecule is Oc1ccc(-n2cccc2[C@@H]2[C@@H](c3ccccn3)NC(=S)N2Cc2ccncc2)cc1. The van der Waals surface area contributed by atoms with Gasteiger partial charge < -0.3 is 19.9 Å². The molecule has 1 aliphatic heterocycles. The van der Waals surface area contributed by atoms with E-state index in [1.54, 1.807) is 24.5 Å². The summed E-state index contributed by atoms with van der Waals surface area (Å²) in [5.74, 6) is 0.242. The molecule has 0 aliphatic carbocycles. The molecule has 7 heteroatoms. The van der Waals surface area contributed by atoms with Gasteiger partial charge in [0.2, 0.25) is 0 Å². The van der Waals surface area contributed by atoms with E-state index >= 15 is 0 Å². The van der Waals surface area contributed by atoms with Gasteiger partial charge in [-0.05, 0) is 78.4 Å². The highest BCUT2D eigenvalue weighted by Crippen LogP contribution is 2.40. The molecule has 0 saturated carbocycles. The lowest BCUT2D eigenvalue weighted by molar-refractivity contribution is 0.302. The van der Waals surface area contributed by atoms with E-state index in [0.29, 0.717) is 11.7 Å². The number of aromatic hydroxyl groups is 1. The standard InChI is InChI=1S/C24H21N5OS/c30-19-8-6-18(7-9-19)28-15-3-5-21(28)23-22(20-4-1-2-12-26-20)27-24(31)29(23)16-17-10-13-25-14-11-17/h1-15,22-23,30H,16H2,(H,27,31)/t22-,23-/m1/s1.